The third kappa shape index (κ3) is 3.17. The van der Waals surface area contributed by atoms with E-state index in [0.717, 1.165) is 39.2 Å². The lowest BCUT2D eigenvalue weighted by Crippen LogP contribution is -2.01. The first-order valence-corrected chi connectivity index (χ1v) is 13.3. The van der Waals surface area contributed by atoms with Crippen molar-refractivity contribution in [3.05, 3.63) is 140 Å². The summed E-state index contributed by atoms with van der Waals surface area (Å²) in [6, 6.07) is 49.4. The van der Waals surface area contributed by atoms with Crippen molar-refractivity contribution < 1.29 is 0 Å². The van der Waals surface area contributed by atoms with Gasteiger partial charge in [-0.05, 0) is 48.0 Å². The van der Waals surface area contributed by atoms with E-state index in [1.54, 1.807) is 0 Å². The lowest BCUT2D eigenvalue weighted by molar-refractivity contribution is 1.17. The number of nitrogens with zero attached hydrogens (tertiary/aromatic N) is 2. The van der Waals surface area contributed by atoms with E-state index in [1.807, 2.05) is 6.07 Å². The van der Waals surface area contributed by atoms with E-state index in [0.29, 0.717) is 0 Å². The van der Waals surface area contributed by atoms with Gasteiger partial charge in [0.1, 0.15) is 0 Å². The molecule has 0 saturated carbocycles. The number of anilines is 1. The second-order valence-electron chi connectivity index (χ2n) is 10.0. The van der Waals surface area contributed by atoms with Crippen LogP contribution in [0.1, 0.15) is 0 Å². The Morgan fingerprint density at radius 2 is 0.949 bits per heavy atom. The van der Waals surface area contributed by atoms with Gasteiger partial charge in [-0.25, -0.2) is 0 Å². The summed E-state index contributed by atoms with van der Waals surface area (Å²) in [6.45, 7) is 0. The van der Waals surface area contributed by atoms with Gasteiger partial charge in [0.05, 0.1) is 33.4 Å². The quantitative estimate of drug-likeness (QED) is 0.242. The maximum atomic E-state index is 6.90. The van der Waals surface area contributed by atoms with Crippen LogP contribution < -0.4 is 5.73 Å². The number of nitrogen functional groups attached to an aromatic ring is 1. The molecule has 0 aliphatic carbocycles. The number of rotatable bonds is 3. The minimum atomic E-state index is 0.776. The Balaban J connectivity index is 1.42. The lowest BCUT2D eigenvalue weighted by Gasteiger charge is -2.15. The van der Waals surface area contributed by atoms with Crippen molar-refractivity contribution in [2.75, 3.05) is 5.73 Å². The Morgan fingerprint density at radius 1 is 0.410 bits per heavy atom. The molecule has 2 heterocycles. The molecule has 0 fully saturated rings. The highest BCUT2D eigenvalue weighted by molar-refractivity contribution is 6.12. The van der Waals surface area contributed by atoms with E-state index in [9.17, 15) is 0 Å². The monoisotopic (exact) mass is 499 g/mol. The van der Waals surface area contributed by atoms with Crippen molar-refractivity contribution in [3.8, 4) is 22.5 Å². The third-order valence-electron chi connectivity index (χ3n) is 7.90. The van der Waals surface area contributed by atoms with Crippen LogP contribution in [0.3, 0.4) is 0 Å². The minimum Gasteiger partial charge on any atom is -0.397 e. The average Bonchev–Trinajstić information content (AvgIpc) is 3.50. The van der Waals surface area contributed by atoms with Gasteiger partial charge in [-0.15, -0.1) is 0 Å². The summed E-state index contributed by atoms with van der Waals surface area (Å²) in [6.07, 6.45) is 0. The van der Waals surface area contributed by atoms with Gasteiger partial charge in [-0.2, -0.15) is 0 Å². The normalized spacial score (nSPS) is 11.7. The van der Waals surface area contributed by atoms with Crippen LogP contribution in [0.4, 0.5) is 5.69 Å². The summed E-state index contributed by atoms with van der Waals surface area (Å²) in [5.41, 5.74) is 16.7. The van der Waals surface area contributed by atoms with Crippen molar-refractivity contribution in [1.82, 2.24) is 9.13 Å². The maximum Gasteiger partial charge on any atom is 0.0698 e. The predicted molar refractivity (Wildman–Crippen MR) is 165 cm³/mol. The molecular weight excluding hydrogens is 474 g/mol. The van der Waals surface area contributed by atoms with Gasteiger partial charge in [-0.3, -0.25) is 0 Å². The Labute approximate surface area is 226 Å². The molecule has 0 saturated heterocycles. The molecule has 39 heavy (non-hydrogen) atoms. The van der Waals surface area contributed by atoms with E-state index in [1.165, 1.54) is 32.6 Å². The highest BCUT2D eigenvalue weighted by Gasteiger charge is 2.18. The van der Waals surface area contributed by atoms with Gasteiger partial charge in [0.2, 0.25) is 0 Å². The summed E-state index contributed by atoms with van der Waals surface area (Å²) >= 11 is 0. The molecule has 0 aliphatic rings. The molecule has 0 radical (unpaired) electrons. The van der Waals surface area contributed by atoms with E-state index >= 15 is 0 Å². The Hall–Kier alpha value is -5.28. The molecule has 0 unspecified atom stereocenters. The summed E-state index contributed by atoms with van der Waals surface area (Å²) < 4.78 is 4.68. The lowest BCUT2D eigenvalue weighted by atomic mass is 10.0. The first-order chi connectivity index (χ1) is 19.3. The van der Waals surface area contributed by atoms with Crippen molar-refractivity contribution in [2.24, 2.45) is 0 Å². The Bertz CT molecular complexity index is 2130. The van der Waals surface area contributed by atoms with Gasteiger partial charge >= 0.3 is 0 Å². The summed E-state index contributed by atoms with van der Waals surface area (Å²) in [4.78, 5) is 0. The van der Waals surface area contributed by atoms with Gasteiger partial charge in [0.15, 0.2) is 0 Å². The minimum absolute atomic E-state index is 0.776. The van der Waals surface area contributed by atoms with Gasteiger partial charge in [-0.1, -0.05) is 97.1 Å². The zero-order valence-corrected chi connectivity index (χ0v) is 21.3. The van der Waals surface area contributed by atoms with Crippen molar-refractivity contribution in [1.29, 1.82) is 0 Å². The average molecular weight is 500 g/mol. The zero-order chi connectivity index (χ0) is 25.9. The molecule has 0 aliphatic heterocycles. The largest absolute Gasteiger partial charge is 0.397 e. The molecule has 3 nitrogen and oxygen atoms in total. The number of para-hydroxylation sites is 4. The topological polar surface area (TPSA) is 35.9 Å². The molecule has 3 heteroatoms. The zero-order valence-electron chi connectivity index (χ0n) is 21.3. The highest BCUT2D eigenvalue weighted by Crippen LogP contribution is 2.39. The first kappa shape index (κ1) is 21.8. The Kier molecular flexibility index (Phi) is 4.67. The molecular formula is C36H25N3. The number of benzene rings is 6. The second-order valence-corrected chi connectivity index (χ2v) is 10.0. The fourth-order valence-electron chi connectivity index (χ4n) is 6.18. The number of hydrogen-bond acceptors (Lipinski definition) is 1. The molecule has 0 spiro atoms. The summed E-state index contributed by atoms with van der Waals surface area (Å²) in [5, 5.41) is 4.94. The number of hydrogen-bond donors (Lipinski definition) is 1. The van der Waals surface area contributed by atoms with E-state index in [4.69, 9.17) is 5.73 Å². The molecule has 0 amide bonds. The highest BCUT2D eigenvalue weighted by atomic mass is 15.0. The summed E-state index contributed by atoms with van der Waals surface area (Å²) in [5.74, 6) is 0. The third-order valence-corrected chi connectivity index (χ3v) is 7.90. The van der Waals surface area contributed by atoms with E-state index in [2.05, 4.69) is 143 Å². The molecule has 2 N–H and O–H groups in total. The Morgan fingerprint density at radius 3 is 1.62 bits per heavy atom. The molecule has 8 rings (SSSR count). The first-order valence-electron chi connectivity index (χ1n) is 13.3. The molecule has 0 atom stereocenters. The van der Waals surface area contributed by atoms with Gasteiger partial charge in [0, 0.05) is 32.8 Å². The number of fused-ring (bicyclic) bond motifs is 6. The van der Waals surface area contributed by atoms with Crippen LogP contribution >= 0.6 is 0 Å². The number of aromatic nitrogens is 2. The molecule has 6 aromatic carbocycles. The van der Waals surface area contributed by atoms with E-state index in [-0.39, 0.29) is 0 Å². The smallest absolute Gasteiger partial charge is 0.0698 e. The van der Waals surface area contributed by atoms with Gasteiger partial charge in [0.25, 0.3) is 0 Å². The van der Waals surface area contributed by atoms with Crippen molar-refractivity contribution >= 4 is 49.3 Å². The van der Waals surface area contributed by atoms with E-state index < -0.39 is 0 Å². The second kappa shape index (κ2) is 8.37. The SMILES string of the molecule is Nc1c(-c2ccccc2)cccc1-n1c2ccccc2c2cc(-n3c4ccccc4c4ccccc43)ccc21. The predicted octanol–water partition coefficient (Wildman–Crippen LogP) is 9.13. The standard InChI is InChI=1S/C36H25N3/c37-36-26(24-11-2-1-3-12-24)16-10-20-35(36)39-33-19-9-6-15-29(33)30-23-25(21-22-34(30)39)38-31-17-7-4-13-27(31)28-14-5-8-18-32(28)38/h1-23H,37H2. The van der Waals surface area contributed by atoms with Crippen LogP contribution in [0.5, 0.6) is 0 Å². The van der Waals surface area contributed by atoms with Crippen LogP contribution in [0.15, 0.2) is 140 Å². The van der Waals surface area contributed by atoms with Crippen LogP contribution in [-0.2, 0) is 0 Å². The molecule has 184 valence electrons. The maximum absolute atomic E-state index is 6.90. The van der Waals surface area contributed by atoms with Crippen LogP contribution in [0.2, 0.25) is 0 Å². The van der Waals surface area contributed by atoms with Crippen molar-refractivity contribution in [3.63, 3.8) is 0 Å². The summed E-state index contributed by atoms with van der Waals surface area (Å²) in [7, 11) is 0. The van der Waals surface area contributed by atoms with Gasteiger partial charge < -0.3 is 14.9 Å². The fraction of sp³-hybridized carbons (Fsp3) is 0. The van der Waals surface area contributed by atoms with Crippen LogP contribution in [-0.4, -0.2) is 9.13 Å². The van der Waals surface area contributed by atoms with Crippen LogP contribution in [0, 0.1) is 0 Å². The van der Waals surface area contributed by atoms with Crippen molar-refractivity contribution in [2.45, 2.75) is 0 Å². The molecule has 2 aromatic heterocycles. The van der Waals surface area contributed by atoms with Crippen LogP contribution in [0.25, 0.3) is 66.1 Å². The molecule has 0 bridgehead atoms. The fourth-order valence-corrected chi connectivity index (χ4v) is 6.18. The number of nitrogens with two attached hydrogens (primary N) is 1. The molecule has 8 aromatic rings.